The van der Waals surface area contributed by atoms with Crippen LogP contribution in [0.15, 0.2) is 65.0 Å². The van der Waals surface area contributed by atoms with Crippen molar-refractivity contribution >= 4 is 33.1 Å². The molecule has 0 aliphatic carbocycles. The summed E-state index contributed by atoms with van der Waals surface area (Å²) in [5.41, 5.74) is 1.69. The monoisotopic (exact) mass is 404 g/mol. The molecule has 0 aliphatic rings. The molecule has 142 valence electrons. The van der Waals surface area contributed by atoms with Gasteiger partial charge in [0.15, 0.2) is 0 Å². The fourth-order valence-corrected chi connectivity index (χ4v) is 3.86. The van der Waals surface area contributed by atoms with E-state index in [0.717, 1.165) is 0 Å². The van der Waals surface area contributed by atoms with E-state index in [1.807, 2.05) is 6.07 Å². The molecule has 0 bridgehead atoms. The average Bonchev–Trinajstić information content (AvgIpc) is 3.16. The maximum Gasteiger partial charge on any atom is 0.263 e. The van der Waals surface area contributed by atoms with E-state index in [1.165, 1.54) is 34.4 Å². The highest BCUT2D eigenvalue weighted by Crippen LogP contribution is 2.30. The van der Waals surface area contributed by atoms with Gasteiger partial charge in [0.25, 0.3) is 5.56 Å². The molecule has 0 aliphatic heterocycles. The summed E-state index contributed by atoms with van der Waals surface area (Å²) in [4.78, 5) is 30.2. The van der Waals surface area contributed by atoms with Gasteiger partial charge in [-0.15, -0.1) is 11.3 Å². The molecule has 0 atom stereocenters. The summed E-state index contributed by atoms with van der Waals surface area (Å²) in [5.74, 6) is -0.812. The van der Waals surface area contributed by atoms with Crippen molar-refractivity contribution in [1.29, 1.82) is 5.26 Å². The van der Waals surface area contributed by atoms with Crippen LogP contribution in [0.3, 0.4) is 0 Å². The number of aromatic nitrogens is 2. The van der Waals surface area contributed by atoms with Crippen LogP contribution in [0.2, 0.25) is 0 Å². The van der Waals surface area contributed by atoms with Crippen molar-refractivity contribution in [2.45, 2.75) is 6.54 Å². The molecule has 2 aromatic carbocycles. The fraction of sp³-hybridized carbons (Fsp3) is 0.0476. The zero-order chi connectivity index (χ0) is 20.4. The number of rotatable bonds is 4. The molecule has 0 unspecified atom stereocenters. The molecule has 0 saturated carbocycles. The summed E-state index contributed by atoms with van der Waals surface area (Å²) in [7, 11) is 0. The molecular weight excluding hydrogens is 391 g/mol. The van der Waals surface area contributed by atoms with E-state index in [1.54, 1.807) is 41.8 Å². The first-order chi connectivity index (χ1) is 14.1. The quantitative estimate of drug-likeness (QED) is 0.561. The highest BCUT2D eigenvalue weighted by Gasteiger charge is 2.15. The molecule has 4 aromatic rings. The van der Waals surface area contributed by atoms with E-state index in [4.69, 9.17) is 5.26 Å². The predicted molar refractivity (Wildman–Crippen MR) is 109 cm³/mol. The largest absolute Gasteiger partial charge is 0.323 e. The molecule has 8 heteroatoms. The van der Waals surface area contributed by atoms with E-state index in [2.05, 4.69) is 10.3 Å². The molecule has 1 N–H and O–H groups in total. The SMILES string of the molecule is N#Cc1ccccc1NC(=O)Cn1cnc2scc(-c3ccc(F)cc3)c2c1=O. The summed E-state index contributed by atoms with van der Waals surface area (Å²) in [6.45, 7) is -0.250. The van der Waals surface area contributed by atoms with E-state index in [-0.39, 0.29) is 17.9 Å². The maximum absolute atomic E-state index is 13.2. The van der Waals surface area contributed by atoms with Crippen LogP contribution in [0.5, 0.6) is 0 Å². The minimum absolute atomic E-state index is 0.250. The molecule has 0 fully saturated rings. The number of anilines is 1. The molecule has 29 heavy (non-hydrogen) atoms. The van der Waals surface area contributed by atoms with Gasteiger partial charge in [-0.25, -0.2) is 9.37 Å². The predicted octanol–water partition coefficient (Wildman–Crippen LogP) is 3.77. The highest BCUT2D eigenvalue weighted by atomic mass is 32.1. The van der Waals surface area contributed by atoms with Gasteiger partial charge < -0.3 is 5.32 Å². The Morgan fingerprint density at radius 1 is 1.21 bits per heavy atom. The highest BCUT2D eigenvalue weighted by molar-refractivity contribution is 7.17. The Labute approximate surface area is 168 Å². The van der Waals surface area contributed by atoms with Gasteiger partial charge in [-0.1, -0.05) is 24.3 Å². The molecule has 0 radical (unpaired) electrons. The van der Waals surface area contributed by atoms with E-state index < -0.39 is 5.91 Å². The summed E-state index contributed by atoms with van der Waals surface area (Å²) in [6, 6.07) is 14.5. The molecule has 2 aromatic heterocycles. The van der Waals surface area contributed by atoms with Gasteiger partial charge in [0.1, 0.15) is 23.3 Å². The number of benzene rings is 2. The van der Waals surface area contributed by atoms with Crippen LogP contribution in [0.4, 0.5) is 10.1 Å². The first-order valence-electron chi connectivity index (χ1n) is 8.58. The average molecular weight is 404 g/mol. The zero-order valence-corrected chi connectivity index (χ0v) is 15.7. The Kier molecular flexibility index (Phi) is 4.89. The van der Waals surface area contributed by atoms with Crippen LogP contribution in [-0.2, 0) is 11.3 Å². The topological polar surface area (TPSA) is 87.8 Å². The number of thiophene rings is 1. The lowest BCUT2D eigenvalue weighted by Crippen LogP contribution is -2.28. The zero-order valence-electron chi connectivity index (χ0n) is 14.9. The van der Waals surface area contributed by atoms with Gasteiger partial charge in [-0.3, -0.25) is 14.2 Å². The summed E-state index contributed by atoms with van der Waals surface area (Å²) in [5, 5.41) is 13.9. The van der Waals surface area contributed by atoms with Gasteiger partial charge in [0.2, 0.25) is 5.91 Å². The molecule has 0 saturated heterocycles. The van der Waals surface area contributed by atoms with E-state index in [9.17, 15) is 14.0 Å². The van der Waals surface area contributed by atoms with Crippen LogP contribution in [0, 0.1) is 17.1 Å². The van der Waals surface area contributed by atoms with Crippen LogP contribution < -0.4 is 10.9 Å². The van der Waals surface area contributed by atoms with Crippen LogP contribution in [0.25, 0.3) is 21.3 Å². The number of hydrogen-bond acceptors (Lipinski definition) is 5. The van der Waals surface area contributed by atoms with Gasteiger partial charge in [0, 0.05) is 10.9 Å². The van der Waals surface area contributed by atoms with Crippen molar-refractivity contribution in [1.82, 2.24) is 9.55 Å². The Morgan fingerprint density at radius 2 is 1.97 bits per heavy atom. The number of nitriles is 1. The van der Waals surface area contributed by atoms with Crippen molar-refractivity contribution in [3.8, 4) is 17.2 Å². The van der Waals surface area contributed by atoms with Crippen molar-refractivity contribution in [3.63, 3.8) is 0 Å². The number of carbonyl (C=O) groups excluding carboxylic acids is 1. The molecule has 4 rings (SSSR count). The molecule has 1 amide bonds. The number of para-hydroxylation sites is 1. The van der Waals surface area contributed by atoms with Crippen molar-refractivity contribution in [2.75, 3.05) is 5.32 Å². The number of halogens is 1. The fourth-order valence-electron chi connectivity index (χ4n) is 2.96. The Hall–Kier alpha value is -3.83. The third kappa shape index (κ3) is 3.63. The minimum atomic E-state index is -0.450. The maximum atomic E-state index is 13.2. The molecular formula is C21H13FN4O2S. The number of fused-ring (bicyclic) bond motifs is 1. The minimum Gasteiger partial charge on any atom is -0.323 e. The Balaban J connectivity index is 1.66. The standard InChI is InChI=1S/C21H13FN4O2S/c22-15-7-5-13(6-8-15)16-11-29-20-19(16)21(28)26(12-24-20)10-18(27)25-17-4-2-1-3-14(17)9-23/h1-8,11-12H,10H2,(H,25,27). The second kappa shape index (κ2) is 7.66. The molecule has 2 heterocycles. The van der Waals surface area contributed by atoms with Crippen LogP contribution >= 0.6 is 11.3 Å². The van der Waals surface area contributed by atoms with Crippen molar-refractivity contribution in [3.05, 3.63) is 82.0 Å². The number of nitrogens with one attached hydrogen (secondary N) is 1. The third-order valence-corrected chi connectivity index (χ3v) is 5.24. The number of nitrogens with zero attached hydrogens (tertiary/aromatic N) is 3. The van der Waals surface area contributed by atoms with Gasteiger partial charge in [0.05, 0.1) is 23.0 Å². The summed E-state index contributed by atoms with van der Waals surface area (Å²) >= 11 is 1.31. The number of hydrogen-bond donors (Lipinski definition) is 1. The normalized spacial score (nSPS) is 10.6. The Bertz CT molecular complexity index is 1320. The molecule has 0 spiro atoms. The number of carbonyl (C=O) groups is 1. The third-order valence-electron chi connectivity index (χ3n) is 4.35. The van der Waals surface area contributed by atoms with E-state index >= 15 is 0 Å². The van der Waals surface area contributed by atoms with Crippen LogP contribution in [0.1, 0.15) is 5.56 Å². The Morgan fingerprint density at radius 3 is 2.72 bits per heavy atom. The van der Waals surface area contributed by atoms with Crippen molar-refractivity contribution in [2.24, 2.45) is 0 Å². The first-order valence-corrected chi connectivity index (χ1v) is 9.46. The number of amides is 1. The van der Waals surface area contributed by atoms with Gasteiger partial charge >= 0.3 is 0 Å². The second-order valence-electron chi connectivity index (χ2n) is 6.22. The molecule has 6 nitrogen and oxygen atoms in total. The second-order valence-corrected chi connectivity index (χ2v) is 7.08. The van der Waals surface area contributed by atoms with E-state index in [0.29, 0.717) is 32.6 Å². The lowest BCUT2D eigenvalue weighted by molar-refractivity contribution is -0.116. The summed E-state index contributed by atoms with van der Waals surface area (Å²) in [6.07, 6.45) is 1.32. The smallest absolute Gasteiger partial charge is 0.263 e. The van der Waals surface area contributed by atoms with Crippen LogP contribution in [-0.4, -0.2) is 15.5 Å². The van der Waals surface area contributed by atoms with Crippen molar-refractivity contribution < 1.29 is 9.18 Å². The van der Waals surface area contributed by atoms with Gasteiger partial charge in [-0.05, 0) is 29.8 Å². The lowest BCUT2D eigenvalue weighted by atomic mass is 10.1. The lowest BCUT2D eigenvalue weighted by Gasteiger charge is -2.09. The van der Waals surface area contributed by atoms with Gasteiger partial charge in [-0.2, -0.15) is 5.26 Å². The first kappa shape index (κ1) is 18.5. The summed E-state index contributed by atoms with van der Waals surface area (Å²) < 4.78 is 14.4.